The second-order valence-corrected chi connectivity index (χ2v) is 9.16. The molecule has 0 N–H and O–H groups in total. The maximum atomic E-state index is 13.3. The lowest BCUT2D eigenvalue weighted by molar-refractivity contribution is 0.470. The summed E-state index contributed by atoms with van der Waals surface area (Å²) in [5.41, 5.74) is 1.25. The minimum Gasteiger partial charge on any atom is -0.428 e. The molecular formula is C22H15F2NO3S2. The van der Waals surface area contributed by atoms with Crippen LogP contribution in [0.25, 0.3) is 11.5 Å². The molecule has 0 saturated heterocycles. The summed E-state index contributed by atoms with van der Waals surface area (Å²) in [5.74, 6) is -0.343. The van der Waals surface area contributed by atoms with Crippen LogP contribution >= 0.6 is 11.8 Å². The van der Waals surface area contributed by atoms with E-state index in [1.165, 1.54) is 48.5 Å². The predicted molar refractivity (Wildman–Crippen MR) is 110 cm³/mol. The lowest BCUT2D eigenvalue weighted by Gasteiger charge is -2.03. The van der Waals surface area contributed by atoms with Crippen molar-refractivity contribution in [1.82, 2.24) is 4.98 Å². The van der Waals surface area contributed by atoms with Gasteiger partial charge in [-0.3, -0.25) is 0 Å². The average molecular weight is 443 g/mol. The van der Waals surface area contributed by atoms with E-state index in [1.807, 2.05) is 0 Å². The van der Waals surface area contributed by atoms with Gasteiger partial charge in [0.15, 0.2) is 0 Å². The summed E-state index contributed by atoms with van der Waals surface area (Å²) in [6.45, 7) is 0. The van der Waals surface area contributed by atoms with Gasteiger partial charge in [-0.15, -0.1) is 0 Å². The third-order valence-electron chi connectivity index (χ3n) is 4.25. The predicted octanol–water partition coefficient (Wildman–Crippen LogP) is 5.74. The van der Waals surface area contributed by atoms with Gasteiger partial charge in [0.1, 0.15) is 11.6 Å². The molecule has 0 radical (unpaired) electrons. The molecule has 1 aromatic heterocycles. The highest BCUT2D eigenvalue weighted by Gasteiger charge is 2.28. The van der Waals surface area contributed by atoms with Crippen LogP contribution in [0.4, 0.5) is 8.78 Å². The van der Waals surface area contributed by atoms with Crippen molar-refractivity contribution >= 4 is 21.6 Å². The van der Waals surface area contributed by atoms with E-state index in [2.05, 4.69) is 4.98 Å². The van der Waals surface area contributed by atoms with E-state index in [4.69, 9.17) is 4.42 Å². The van der Waals surface area contributed by atoms with Gasteiger partial charge in [0, 0.05) is 11.3 Å². The van der Waals surface area contributed by atoms with Crippen molar-refractivity contribution in [2.24, 2.45) is 0 Å². The Labute approximate surface area is 176 Å². The fourth-order valence-electron chi connectivity index (χ4n) is 2.71. The van der Waals surface area contributed by atoms with Crippen LogP contribution < -0.4 is 0 Å². The molecule has 8 heteroatoms. The number of hydrogen-bond donors (Lipinski definition) is 0. The van der Waals surface area contributed by atoms with Crippen LogP contribution in [0.2, 0.25) is 0 Å². The highest BCUT2D eigenvalue weighted by Crippen LogP contribution is 2.36. The van der Waals surface area contributed by atoms with E-state index in [0.29, 0.717) is 11.3 Å². The molecule has 0 spiro atoms. The first kappa shape index (κ1) is 20.3. The second kappa shape index (κ2) is 8.41. The van der Waals surface area contributed by atoms with Crippen molar-refractivity contribution in [3.63, 3.8) is 0 Å². The molecule has 30 heavy (non-hydrogen) atoms. The Morgan fingerprint density at radius 1 is 0.833 bits per heavy atom. The molecule has 0 saturated carbocycles. The molecule has 1 heterocycles. The number of rotatable bonds is 6. The zero-order valence-corrected chi connectivity index (χ0v) is 17.1. The number of aromatic nitrogens is 1. The number of oxazole rings is 1. The van der Waals surface area contributed by atoms with Crippen LogP contribution in [0.5, 0.6) is 0 Å². The number of hydrogen-bond acceptors (Lipinski definition) is 5. The summed E-state index contributed by atoms with van der Waals surface area (Å²) in [6.07, 6.45) is 0. The van der Waals surface area contributed by atoms with Gasteiger partial charge in [-0.2, -0.15) is 4.98 Å². The number of sulfone groups is 1. The van der Waals surface area contributed by atoms with E-state index < -0.39 is 15.7 Å². The summed E-state index contributed by atoms with van der Waals surface area (Å²) >= 11 is 1.14. The first-order chi connectivity index (χ1) is 14.4. The van der Waals surface area contributed by atoms with Crippen LogP contribution in [0.1, 0.15) is 5.56 Å². The van der Waals surface area contributed by atoms with Crippen molar-refractivity contribution in [1.29, 1.82) is 0 Å². The maximum absolute atomic E-state index is 13.3. The van der Waals surface area contributed by atoms with Crippen LogP contribution in [-0.2, 0) is 15.6 Å². The van der Waals surface area contributed by atoms with Crippen molar-refractivity contribution in [3.8, 4) is 11.5 Å². The van der Waals surface area contributed by atoms with Gasteiger partial charge in [-0.1, -0.05) is 42.1 Å². The smallest absolute Gasteiger partial charge is 0.228 e. The zero-order chi connectivity index (χ0) is 21.1. The van der Waals surface area contributed by atoms with Crippen molar-refractivity contribution in [2.75, 3.05) is 0 Å². The highest BCUT2D eigenvalue weighted by atomic mass is 32.2. The van der Waals surface area contributed by atoms with E-state index >= 15 is 0 Å². The Kier molecular flexibility index (Phi) is 5.69. The number of thioether (sulfide) groups is 1. The standard InChI is InChI=1S/C22H15F2NO3S2/c23-17-10-6-15(7-11-17)14-29-22-21(30(26,27)19-4-2-1-3-5-19)25-20(28-22)16-8-12-18(24)13-9-16/h1-13H,14H2. The first-order valence-corrected chi connectivity index (χ1v) is 11.3. The Morgan fingerprint density at radius 2 is 1.43 bits per heavy atom. The zero-order valence-electron chi connectivity index (χ0n) is 15.5. The van der Waals surface area contributed by atoms with E-state index in [9.17, 15) is 17.2 Å². The molecule has 0 bridgehead atoms. The van der Waals surface area contributed by atoms with Gasteiger partial charge in [0.05, 0.1) is 4.90 Å². The Bertz CT molecular complexity index is 1250. The molecule has 0 unspecified atom stereocenters. The topological polar surface area (TPSA) is 60.2 Å². The Morgan fingerprint density at radius 3 is 2.07 bits per heavy atom. The Hall–Kier alpha value is -2.97. The summed E-state index contributed by atoms with van der Waals surface area (Å²) in [5, 5.41) is -0.0948. The summed E-state index contributed by atoms with van der Waals surface area (Å²) in [4.78, 5) is 4.32. The molecule has 3 aromatic carbocycles. The largest absolute Gasteiger partial charge is 0.428 e. The van der Waals surface area contributed by atoms with Crippen molar-refractivity contribution < 1.29 is 21.6 Å². The van der Waals surface area contributed by atoms with Gasteiger partial charge in [-0.05, 0) is 54.1 Å². The van der Waals surface area contributed by atoms with Crippen LogP contribution in [0.15, 0.2) is 98.3 Å². The monoisotopic (exact) mass is 443 g/mol. The third-order valence-corrected chi connectivity index (χ3v) is 7.07. The second-order valence-electron chi connectivity index (χ2n) is 6.35. The number of nitrogens with zero attached hydrogens (tertiary/aromatic N) is 1. The summed E-state index contributed by atoms with van der Waals surface area (Å²) in [6, 6.07) is 19.3. The molecule has 0 fully saturated rings. The molecule has 0 amide bonds. The third kappa shape index (κ3) is 4.29. The first-order valence-electron chi connectivity index (χ1n) is 8.87. The van der Waals surface area contributed by atoms with E-state index in [0.717, 1.165) is 17.3 Å². The molecule has 152 valence electrons. The molecule has 4 aromatic rings. The molecule has 4 nitrogen and oxygen atoms in total. The molecule has 0 aliphatic rings. The fourth-order valence-corrected chi connectivity index (χ4v) is 5.22. The van der Waals surface area contributed by atoms with Crippen LogP contribution in [0, 0.1) is 11.6 Å². The van der Waals surface area contributed by atoms with Gasteiger partial charge in [0.25, 0.3) is 0 Å². The number of benzene rings is 3. The summed E-state index contributed by atoms with van der Waals surface area (Å²) in [7, 11) is -3.94. The van der Waals surface area contributed by atoms with Crippen LogP contribution in [0.3, 0.4) is 0 Å². The number of halogens is 2. The van der Waals surface area contributed by atoms with Crippen molar-refractivity contribution in [2.45, 2.75) is 20.8 Å². The minimum absolute atomic E-state index is 0.0751. The average Bonchev–Trinajstić information content (AvgIpc) is 3.20. The lowest BCUT2D eigenvalue weighted by Crippen LogP contribution is -2.03. The minimum atomic E-state index is -3.94. The highest BCUT2D eigenvalue weighted by molar-refractivity contribution is 7.99. The van der Waals surface area contributed by atoms with Gasteiger partial charge >= 0.3 is 0 Å². The van der Waals surface area contributed by atoms with E-state index in [1.54, 1.807) is 30.3 Å². The maximum Gasteiger partial charge on any atom is 0.228 e. The molecule has 0 aliphatic heterocycles. The molecule has 0 aliphatic carbocycles. The fraction of sp³-hybridized carbons (Fsp3) is 0.0455. The Balaban J connectivity index is 1.74. The van der Waals surface area contributed by atoms with Crippen molar-refractivity contribution in [3.05, 3.63) is 96.1 Å². The quantitative estimate of drug-likeness (QED) is 0.356. The van der Waals surface area contributed by atoms with Gasteiger partial charge < -0.3 is 4.42 Å². The normalized spacial score (nSPS) is 11.5. The van der Waals surface area contributed by atoms with Gasteiger partial charge in [-0.25, -0.2) is 17.2 Å². The molecular weight excluding hydrogens is 428 g/mol. The van der Waals surface area contributed by atoms with E-state index in [-0.39, 0.29) is 26.7 Å². The van der Waals surface area contributed by atoms with Gasteiger partial charge in [0.2, 0.25) is 25.8 Å². The van der Waals surface area contributed by atoms with Crippen LogP contribution in [-0.4, -0.2) is 13.4 Å². The summed E-state index contributed by atoms with van der Waals surface area (Å²) < 4.78 is 58.5. The molecule has 4 rings (SSSR count). The SMILES string of the molecule is O=S(=O)(c1ccccc1)c1nc(-c2ccc(F)cc2)oc1SCc1ccc(F)cc1. The molecule has 0 atom stereocenters. The lowest BCUT2D eigenvalue weighted by atomic mass is 10.2.